The van der Waals surface area contributed by atoms with E-state index >= 15 is 0 Å². The molecule has 0 aromatic heterocycles. The molecule has 0 heterocycles. The van der Waals surface area contributed by atoms with Gasteiger partial charge in [0, 0.05) is 20.2 Å². The molecule has 5 nitrogen and oxygen atoms in total. The average Bonchev–Trinajstić information content (AvgIpc) is 2.18. The fourth-order valence-corrected chi connectivity index (χ4v) is 1.29. The Balaban J connectivity index is 3.65. The van der Waals surface area contributed by atoms with Crippen LogP contribution in [0.1, 0.15) is 19.3 Å². The average molecular weight is 218 g/mol. The highest BCUT2D eigenvalue weighted by Crippen LogP contribution is 2.01. The first kappa shape index (κ1) is 14.3. The minimum absolute atomic E-state index is 0.0290. The number of likely N-dealkylation sites (N-methyl/N-ethyl adjacent to an activating group) is 2. The summed E-state index contributed by atoms with van der Waals surface area (Å²) in [6.45, 7) is 0.799. The van der Waals surface area contributed by atoms with Crippen molar-refractivity contribution in [2.75, 3.05) is 33.8 Å². The molecule has 15 heavy (non-hydrogen) atoms. The van der Waals surface area contributed by atoms with Gasteiger partial charge in [-0.25, -0.2) is 0 Å². The number of aliphatic hydroxyl groups is 2. The number of hydrogen-bond acceptors (Lipinski definition) is 4. The van der Waals surface area contributed by atoms with Crippen LogP contribution in [0.3, 0.4) is 0 Å². The van der Waals surface area contributed by atoms with Gasteiger partial charge in [-0.2, -0.15) is 0 Å². The molecule has 0 bridgehead atoms. The van der Waals surface area contributed by atoms with Crippen LogP contribution < -0.4 is 5.32 Å². The number of rotatable bonds is 8. The van der Waals surface area contributed by atoms with Crippen LogP contribution in [0.2, 0.25) is 0 Å². The Bertz CT molecular complexity index is 176. The normalized spacial score (nSPS) is 12.5. The maximum Gasteiger partial charge on any atom is 0.236 e. The molecule has 0 radical (unpaired) electrons. The first-order valence-corrected chi connectivity index (χ1v) is 5.29. The molecule has 5 heteroatoms. The van der Waals surface area contributed by atoms with E-state index in [9.17, 15) is 9.90 Å². The van der Waals surface area contributed by atoms with Crippen LogP contribution in [0.25, 0.3) is 0 Å². The molecule has 1 atom stereocenters. The summed E-state index contributed by atoms with van der Waals surface area (Å²) < 4.78 is 0. The minimum Gasteiger partial charge on any atom is -0.396 e. The summed E-state index contributed by atoms with van der Waals surface area (Å²) in [5, 5.41) is 20.9. The Labute approximate surface area is 91.1 Å². The van der Waals surface area contributed by atoms with Crippen molar-refractivity contribution in [1.82, 2.24) is 10.2 Å². The van der Waals surface area contributed by atoms with Crippen LogP contribution in [0.4, 0.5) is 0 Å². The molecule has 0 fully saturated rings. The number of carbonyl (C=O) groups excluding carboxylic acids is 1. The van der Waals surface area contributed by atoms with Crippen LogP contribution in [0.5, 0.6) is 0 Å². The number of carbonyl (C=O) groups is 1. The topological polar surface area (TPSA) is 72.8 Å². The second-order valence-electron chi connectivity index (χ2n) is 3.68. The maximum absolute atomic E-state index is 11.3. The van der Waals surface area contributed by atoms with E-state index < -0.39 is 6.10 Å². The summed E-state index contributed by atoms with van der Waals surface area (Å²) in [6, 6.07) is 0. The largest absolute Gasteiger partial charge is 0.396 e. The van der Waals surface area contributed by atoms with E-state index in [0.29, 0.717) is 25.9 Å². The van der Waals surface area contributed by atoms with Crippen molar-refractivity contribution in [2.24, 2.45) is 0 Å². The molecule has 0 spiro atoms. The third-order valence-corrected chi connectivity index (χ3v) is 2.18. The summed E-state index contributed by atoms with van der Waals surface area (Å²) in [5.74, 6) is -0.0290. The van der Waals surface area contributed by atoms with Gasteiger partial charge in [0.1, 0.15) is 0 Å². The van der Waals surface area contributed by atoms with Gasteiger partial charge in [0.15, 0.2) is 0 Å². The molecule has 0 rings (SSSR count). The molecular formula is C10H22N2O3. The molecule has 3 N–H and O–H groups in total. The number of hydrogen-bond donors (Lipinski definition) is 3. The van der Waals surface area contributed by atoms with E-state index in [0.717, 1.165) is 6.42 Å². The van der Waals surface area contributed by atoms with Crippen LogP contribution in [0.15, 0.2) is 0 Å². The lowest BCUT2D eigenvalue weighted by atomic mass is 10.1. The molecule has 0 aromatic carbocycles. The standard InChI is InChI=1S/C10H22N2O3/c1-11-7-10(15)12(2)8-9(14)5-3-4-6-13/h9,11,13-14H,3-8H2,1-2H3. The molecule has 0 aliphatic rings. The van der Waals surface area contributed by atoms with E-state index in [1.807, 2.05) is 0 Å². The molecule has 0 aliphatic carbocycles. The number of nitrogens with zero attached hydrogens (tertiary/aromatic N) is 1. The quantitative estimate of drug-likeness (QED) is 0.466. The number of nitrogens with one attached hydrogen (secondary N) is 1. The smallest absolute Gasteiger partial charge is 0.236 e. The van der Waals surface area contributed by atoms with Crippen LogP contribution in [-0.4, -0.2) is 60.9 Å². The van der Waals surface area contributed by atoms with E-state index in [2.05, 4.69) is 5.32 Å². The molecule has 0 aliphatic heterocycles. The van der Waals surface area contributed by atoms with Gasteiger partial charge in [-0.15, -0.1) is 0 Å². The second kappa shape index (κ2) is 8.64. The zero-order valence-electron chi connectivity index (χ0n) is 9.57. The second-order valence-corrected chi connectivity index (χ2v) is 3.68. The Kier molecular flexibility index (Phi) is 8.27. The molecule has 1 amide bonds. The van der Waals surface area contributed by atoms with Crippen molar-refractivity contribution in [3.63, 3.8) is 0 Å². The first-order valence-electron chi connectivity index (χ1n) is 5.29. The highest BCUT2D eigenvalue weighted by Gasteiger charge is 2.12. The Morgan fingerprint density at radius 1 is 1.47 bits per heavy atom. The predicted molar refractivity (Wildman–Crippen MR) is 58.5 cm³/mol. The zero-order valence-corrected chi connectivity index (χ0v) is 9.57. The summed E-state index contributed by atoms with van der Waals surface area (Å²) in [7, 11) is 3.39. The van der Waals surface area contributed by atoms with Crippen LogP contribution in [0, 0.1) is 0 Å². The van der Waals surface area contributed by atoms with Gasteiger partial charge in [-0.1, -0.05) is 0 Å². The lowest BCUT2D eigenvalue weighted by molar-refractivity contribution is -0.130. The summed E-state index contributed by atoms with van der Waals surface area (Å²) >= 11 is 0. The van der Waals surface area contributed by atoms with E-state index in [4.69, 9.17) is 5.11 Å². The molecular weight excluding hydrogens is 196 g/mol. The summed E-state index contributed by atoms with van der Waals surface area (Å²) in [4.78, 5) is 12.8. The summed E-state index contributed by atoms with van der Waals surface area (Å²) in [5.41, 5.74) is 0. The number of amides is 1. The Morgan fingerprint density at radius 2 is 2.13 bits per heavy atom. The van der Waals surface area contributed by atoms with Crippen LogP contribution >= 0.6 is 0 Å². The van der Waals surface area contributed by atoms with E-state index in [1.165, 1.54) is 4.90 Å². The highest BCUT2D eigenvalue weighted by molar-refractivity contribution is 5.77. The molecule has 90 valence electrons. The first-order chi connectivity index (χ1) is 7.11. The zero-order chi connectivity index (χ0) is 11.7. The summed E-state index contributed by atoms with van der Waals surface area (Å²) in [6.07, 6.45) is 1.61. The number of unbranched alkanes of at least 4 members (excludes halogenated alkanes) is 1. The Hall–Kier alpha value is -0.650. The lowest BCUT2D eigenvalue weighted by Crippen LogP contribution is -2.38. The van der Waals surface area contributed by atoms with Gasteiger partial charge in [0.05, 0.1) is 12.6 Å². The van der Waals surface area contributed by atoms with Crippen molar-refractivity contribution in [3.8, 4) is 0 Å². The lowest BCUT2D eigenvalue weighted by Gasteiger charge is -2.20. The highest BCUT2D eigenvalue weighted by atomic mass is 16.3. The van der Waals surface area contributed by atoms with Crippen molar-refractivity contribution in [1.29, 1.82) is 0 Å². The third-order valence-electron chi connectivity index (χ3n) is 2.18. The van der Waals surface area contributed by atoms with Gasteiger partial charge in [-0.05, 0) is 26.3 Å². The molecule has 0 saturated carbocycles. The molecule has 1 unspecified atom stereocenters. The molecule has 0 saturated heterocycles. The Morgan fingerprint density at radius 3 is 2.67 bits per heavy atom. The fourth-order valence-electron chi connectivity index (χ4n) is 1.29. The SMILES string of the molecule is CNCC(=O)N(C)CC(O)CCCCO. The maximum atomic E-state index is 11.3. The molecule has 0 aromatic rings. The van der Waals surface area contributed by atoms with Gasteiger partial charge in [0.2, 0.25) is 5.91 Å². The van der Waals surface area contributed by atoms with Crippen molar-refractivity contribution >= 4 is 5.91 Å². The monoisotopic (exact) mass is 218 g/mol. The van der Waals surface area contributed by atoms with Crippen LogP contribution in [-0.2, 0) is 4.79 Å². The fraction of sp³-hybridized carbons (Fsp3) is 0.900. The third kappa shape index (κ3) is 7.30. The van der Waals surface area contributed by atoms with Gasteiger partial charge < -0.3 is 20.4 Å². The minimum atomic E-state index is -0.498. The predicted octanol–water partition coefficient (Wildman–Crippen LogP) is -0.812. The van der Waals surface area contributed by atoms with Crippen molar-refractivity contribution < 1.29 is 15.0 Å². The van der Waals surface area contributed by atoms with E-state index in [-0.39, 0.29) is 12.5 Å². The van der Waals surface area contributed by atoms with Gasteiger partial charge in [-0.3, -0.25) is 4.79 Å². The van der Waals surface area contributed by atoms with Gasteiger partial charge in [0.25, 0.3) is 0 Å². The van der Waals surface area contributed by atoms with Gasteiger partial charge >= 0.3 is 0 Å². The van der Waals surface area contributed by atoms with E-state index in [1.54, 1.807) is 14.1 Å². The number of aliphatic hydroxyl groups excluding tert-OH is 2. The van der Waals surface area contributed by atoms with Crippen molar-refractivity contribution in [2.45, 2.75) is 25.4 Å². The van der Waals surface area contributed by atoms with Crippen molar-refractivity contribution in [3.05, 3.63) is 0 Å².